The molecule has 64 heavy (non-hydrogen) atoms. The van der Waals surface area contributed by atoms with Crippen molar-refractivity contribution in [2.24, 2.45) is 0 Å². The van der Waals surface area contributed by atoms with Crippen molar-refractivity contribution in [2.75, 3.05) is 11.9 Å². The van der Waals surface area contributed by atoms with E-state index < -0.39 is 11.9 Å². The van der Waals surface area contributed by atoms with Crippen LogP contribution in [0.3, 0.4) is 0 Å². The van der Waals surface area contributed by atoms with Gasteiger partial charge >= 0.3 is 0 Å². The quantitative estimate of drug-likeness (QED) is 0.0549. The maximum Gasteiger partial charge on any atom is 0.289 e. The van der Waals surface area contributed by atoms with Crippen molar-refractivity contribution in [3.8, 4) is 11.1 Å². The summed E-state index contributed by atoms with van der Waals surface area (Å²) < 4.78 is 7.44. The van der Waals surface area contributed by atoms with Crippen LogP contribution in [0.15, 0.2) is 47.1 Å². The summed E-state index contributed by atoms with van der Waals surface area (Å²) in [6.45, 7) is 9.42. The minimum absolute atomic E-state index is 0.0511. The predicted octanol–water partition coefficient (Wildman–Crippen LogP) is 6.55. The number of carbonyl (C=O) groups is 4. The van der Waals surface area contributed by atoms with E-state index in [9.17, 15) is 19.2 Å². The first-order valence-electron chi connectivity index (χ1n) is 22.2. The first kappa shape index (κ1) is 40.9. The molecule has 1 saturated heterocycles. The van der Waals surface area contributed by atoms with Gasteiger partial charge in [-0.2, -0.15) is 5.10 Å². The second-order valence-electron chi connectivity index (χ2n) is 17.2. The van der Waals surface area contributed by atoms with E-state index in [0.717, 1.165) is 111 Å². The van der Waals surface area contributed by atoms with Crippen molar-refractivity contribution in [1.29, 1.82) is 0 Å². The summed E-state index contributed by atoms with van der Waals surface area (Å²) in [5.41, 5.74) is 9.91. The molecule has 1 aliphatic carbocycles. The molecule has 7 heterocycles. The summed E-state index contributed by atoms with van der Waals surface area (Å²) in [5, 5.41) is 19.7. The number of aryl methyl sites for hydroxylation is 7. The number of nitrogens with zero attached hydrogens (tertiary/aromatic N) is 7. The Balaban J connectivity index is 0.797. The van der Waals surface area contributed by atoms with Gasteiger partial charge in [0.2, 0.25) is 17.6 Å². The van der Waals surface area contributed by atoms with E-state index in [-0.39, 0.29) is 30.0 Å². The average molecular weight is 863 g/mol. The Kier molecular flexibility index (Phi) is 10.5. The van der Waals surface area contributed by atoms with Crippen molar-refractivity contribution in [3.63, 3.8) is 0 Å². The van der Waals surface area contributed by atoms with Crippen molar-refractivity contribution >= 4 is 57.2 Å². The minimum atomic E-state index is -0.638. The van der Waals surface area contributed by atoms with Crippen LogP contribution in [0.1, 0.15) is 118 Å². The highest BCUT2D eigenvalue weighted by molar-refractivity contribution is 6.13. The number of aromatic amines is 2. The number of amides is 4. The first-order chi connectivity index (χ1) is 31.0. The number of fused-ring (bicyclic) bond motifs is 4. The number of aromatic nitrogens is 8. The molecule has 5 aromatic heterocycles. The molecule has 0 spiro atoms. The SMILES string of the molecule is CCn1nc(C2CC2)cc1Nc1nc(C(=O)NCCCc2cnc(CCCc3cccc4c3CN(C3CCC(=O)NC3=O)C4=O)[nH]2)nc2[nH]c3cc(-c4c(C)noc4C)c(C)cc3c12. The normalized spacial score (nSPS) is 16.3. The molecule has 2 aromatic carbocycles. The van der Waals surface area contributed by atoms with Gasteiger partial charge in [-0.1, -0.05) is 17.3 Å². The molecule has 10 rings (SSSR count). The molecule has 0 radical (unpaired) electrons. The summed E-state index contributed by atoms with van der Waals surface area (Å²) in [7, 11) is 0. The van der Waals surface area contributed by atoms with Gasteiger partial charge in [-0.05, 0) is 113 Å². The van der Waals surface area contributed by atoms with E-state index in [2.05, 4.69) is 68.1 Å². The molecule has 17 nitrogen and oxygen atoms in total. The Morgan fingerprint density at radius 1 is 0.969 bits per heavy atom. The lowest BCUT2D eigenvalue weighted by atomic mass is 9.97. The van der Waals surface area contributed by atoms with Crippen LogP contribution in [0.2, 0.25) is 0 Å². The third kappa shape index (κ3) is 7.68. The van der Waals surface area contributed by atoms with Gasteiger partial charge in [0.25, 0.3) is 11.8 Å². The number of nitrogens with one attached hydrogen (secondary N) is 5. The zero-order valence-electron chi connectivity index (χ0n) is 36.4. The van der Waals surface area contributed by atoms with Crippen LogP contribution in [-0.2, 0) is 41.9 Å². The van der Waals surface area contributed by atoms with Gasteiger partial charge in [-0.15, -0.1) is 0 Å². The zero-order valence-corrected chi connectivity index (χ0v) is 36.4. The molecule has 7 aromatic rings. The average Bonchev–Trinajstić information content (AvgIpc) is 3.53. The fourth-order valence-electron chi connectivity index (χ4n) is 9.31. The Morgan fingerprint density at radius 3 is 2.61 bits per heavy atom. The van der Waals surface area contributed by atoms with Gasteiger partial charge in [0, 0.05) is 78.4 Å². The van der Waals surface area contributed by atoms with Crippen LogP contribution in [0.5, 0.6) is 0 Å². The van der Waals surface area contributed by atoms with Crippen LogP contribution in [0.25, 0.3) is 33.1 Å². The monoisotopic (exact) mass is 862 g/mol. The van der Waals surface area contributed by atoms with Crippen molar-refractivity contribution in [1.82, 2.24) is 55.4 Å². The Labute approximate surface area is 368 Å². The fourth-order valence-corrected chi connectivity index (χ4v) is 9.31. The number of carbonyl (C=O) groups excluding carboxylic acids is 4. The molecular formula is C47H50N12O5. The molecule has 4 amide bonds. The fraction of sp³-hybridized carbons (Fsp3) is 0.383. The number of anilines is 2. The standard InChI is InChI=1S/C47H50N12O5/c1-5-59-38(21-34(56-59)28-14-15-28)52-43-41-32-19-24(2)31(40-25(3)57-64-26(40)4)20-35(32)51-42(41)54-44(55-43)46(62)48-18-8-11-29-22-49-37(50-29)13-7-10-27-9-6-12-30-33(27)23-58(47(30)63)36-16-17-39(60)53-45(36)61/h6,9,12,19-22,28,36H,5,7-8,10-11,13-18,23H2,1-4H3,(H,48,62)(H,49,50)(H,53,60,61)(H2,51,52,54,55). The molecule has 5 N–H and O–H groups in total. The van der Waals surface area contributed by atoms with Crippen LogP contribution in [0, 0.1) is 20.8 Å². The lowest BCUT2D eigenvalue weighted by molar-refractivity contribution is -0.136. The number of rotatable bonds is 15. The van der Waals surface area contributed by atoms with Crippen LogP contribution >= 0.6 is 0 Å². The maximum absolute atomic E-state index is 13.8. The molecule has 328 valence electrons. The molecule has 2 aliphatic heterocycles. The van der Waals surface area contributed by atoms with E-state index in [1.807, 2.05) is 42.9 Å². The van der Waals surface area contributed by atoms with Crippen molar-refractivity contribution in [2.45, 2.75) is 111 Å². The third-order valence-electron chi connectivity index (χ3n) is 12.8. The largest absolute Gasteiger partial charge is 0.361 e. The molecule has 1 atom stereocenters. The summed E-state index contributed by atoms with van der Waals surface area (Å²) in [5.74, 6) is 2.22. The highest BCUT2D eigenvalue weighted by Crippen LogP contribution is 2.41. The number of imidazole rings is 1. The van der Waals surface area contributed by atoms with Gasteiger partial charge in [0.1, 0.15) is 34.9 Å². The maximum atomic E-state index is 13.8. The number of hydrogen-bond donors (Lipinski definition) is 5. The first-order valence-corrected chi connectivity index (χ1v) is 22.2. The smallest absolute Gasteiger partial charge is 0.289 e. The summed E-state index contributed by atoms with van der Waals surface area (Å²) in [6, 6.07) is 11.4. The molecule has 1 saturated carbocycles. The molecule has 2 fully saturated rings. The topological polar surface area (TPSA) is 222 Å². The molecular weight excluding hydrogens is 813 g/mol. The van der Waals surface area contributed by atoms with E-state index in [1.165, 1.54) is 0 Å². The van der Waals surface area contributed by atoms with Gasteiger partial charge in [0.05, 0.1) is 16.8 Å². The van der Waals surface area contributed by atoms with Gasteiger partial charge in [0.15, 0.2) is 0 Å². The van der Waals surface area contributed by atoms with Crippen LogP contribution in [-0.4, -0.2) is 81.0 Å². The van der Waals surface area contributed by atoms with E-state index >= 15 is 0 Å². The summed E-state index contributed by atoms with van der Waals surface area (Å²) in [6.07, 6.45) is 8.31. The van der Waals surface area contributed by atoms with Gasteiger partial charge in [-0.3, -0.25) is 24.5 Å². The number of imide groups is 1. The second kappa shape index (κ2) is 16.5. The van der Waals surface area contributed by atoms with E-state index in [0.29, 0.717) is 61.8 Å². The second-order valence-corrected chi connectivity index (χ2v) is 17.2. The van der Waals surface area contributed by atoms with E-state index in [1.54, 1.807) is 4.90 Å². The predicted molar refractivity (Wildman–Crippen MR) is 238 cm³/mol. The van der Waals surface area contributed by atoms with Crippen LogP contribution < -0.4 is 16.0 Å². The summed E-state index contributed by atoms with van der Waals surface area (Å²) in [4.78, 5) is 74.0. The Hall–Kier alpha value is -7.17. The molecule has 17 heteroatoms. The number of benzene rings is 2. The van der Waals surface area contributed by atoms with Gasteiger partial charge < -0.3 is 30.0 Å². The highest BCUT2D eigenvalue weighted by Gasteiger charge is 2.39. The van der Waals surface area contributed by atoms with Crippen LogP contribution in [0.4, 0.5) is 11.6 Å². The van der Waals surface area contributed by atoms with Crippen molar-refractivity contribution in [3.05, 3.63) is 99.3 Å². The number of piperidine rings is 1. The Morgan fingerprint density at radius 2 is 1.83 bits per heavy atom. The lowest BCUT2D eigenvalue weighted by Crippen LogP contribution is -2.52. The van der Waals surface area contributed by atoms with Crippen molar-refractivity contribution < 1.29 is 23.7 Å². The summed E-state index contributed by atoms with van der Waals surface area (Å²) >= 11 is 0. The van der Waals surface area contributed by atoms with Gasteiger partial charge in [-0.25, -0.2) is 19.6 Å². The zero-order chi connectivity index (χ0) is 44.2. The highest BCUT2D eigenvalue weighted by atomic mass is 16.5. The molecule has 0 bridgehead atoms. The number of hydrogen-bond acceptors (Lipinski definition) is 11. The number of H-pyrrole nitrogens is 2. The lowest BCUT2D eigenvalue weighted by Gasteiger charge is -2.29. The minimum Gasteiger partial charge on any atom is -0.361 e. The molecule has 1 unspecified atom stereocenters. The van der Waals surface area contributed by atoms with E-state index in [4.69, 9.17) is 19.6 Å². The third-order valence-corrected chi connectivity index (χ3v) is 12.8. The molecule has 3 aliphatic rings. The Bertz CT molecular complexity index is 2990.